The molecule has 128 valence electrons. The Morgan fingerprint density at radius 2 is 1.92 bits per heavy atom. The summed E-state index contributed by atoms with van der Waals surface area (Å²) in [6, 6.07) is 10.2. The zero-order valence-electron chi connectivity index (χ0n) is 14.9. The molecule has 2 N–H and O–H groups in total. The maximum absolute atomic E-state index is 12.7. The van der Waals surface area contributed by atoms with Crippen molar-refractivity contribution in [1.29, 1.82) is 0 Å². The van der Waals surface area contributed by atoms with Crippen LogP contribution in [0.1, 0.15) is 40.0 Å². The van der Waals surface area contributed by atoms with E-state index in [0.717, 1.165) is 42.6 Å². The Morgan fingerprint density at radius 3 is 2.62 bits per heavy atom. The topological polar surface area (TPSA) is 41.1 Å². The van der Waals surface area contributed by atoms with Crippen LogP contribution in [0.5, 0.6) is 0 Å². The first-order valence-electron chi connectivity index (χ1n) is 8.75. The molecule has 3 heteroatoms. The number of para-hydroxylation sites is 1. The second-order valence-electron chi connectivity index (χ2n) is 6.33. The molecular weight excluding hydrogens is 296 g/mol. The molecule has 1 unspecified atom stereocenters. The van der Waals surface area contributed by atoms with Gasteiger partial charge in [-0.15, -0.1) is 0 Å². The molecule has 1 aromatic carbocycles. The monoisotopic (exact) mass is 324 g/mol. The first kappa shape index (κ1) is 18.1. The van der Waals surface area contributed by atoms with Crippen LogP contribution in [0.25, 0.3) is 0 Å². The van der Waals surface area contributed by atoms with Gasteiger partial charge in [0, 0.05) is 23.8 Å². The quantitative estimate of drug-likeness (QED) is 0.769. The highest BCUT2D eigenvalue weighted by Gasteiger charge is 2.17. The highest BCUT2D eigenvalue weighted by atomic mass is 16.1. The molecule has 0 aliphatic heterocycles. The van der Waals surface area contributed by atoms with E-state index in [0.29, 0.717) is 0 Å². The van der Waals surface area contributed by atoms with E-state index in [9.17, 15) is 4.79 Å². The number of allylic oxidation sites excluding steroid dienone is 4. The first-order valence-corrected chi connectivity index (χ1v) is 8.75. The number of hydrogen-bond donors (Lipinski definition) is 2. The molecule has 24 heavy (non-hydrogen) atoms. The van der Waals surface area contributed by atoms with Crippen molar-refractivity contribution in [3.05, 3.63) is 65.3 Å². The third kappa shape index (κ3) is 5.41. The number of carbonyl (C=O) groups is 1. The number of carbonyl (C=O) groups excluding carboxylic acids is 1. The van der Waals surface area contributed by atoms with Crippen molar-refractivity contribution in [1.82, 2.24) is 5.32 Å². The highest BCUT2D eigenvalue weighted by Crippen LogP contribution is 2.18. The van der Waals surface area contributed by atoms with Crippen LogP contribution in [0, 0.1) is 0 Å². The summed E-state index contributed by atoms with van der Waals surface area (Å²) >= 11 is 0. The molecule has 1 aliphatic rings. The molecule has 0 spiro atoms. The fourth-order valence-corrected chi connectivity index (χ4v) is 2.91. The van der Waals surface area contributed by atoms with Gasteiger partial charge < -0.3 is 10.6 Å². The van der Waals surface area contributed by atoms with E-state index in [1.807, 2.05) is 43.3 Å². The molecule has 0 fully saturated rings. The van der Waals surface area contributed by atoms with Crippen LogP contribution in [0.4, 0.5) is 5.69 Å². The standard InChI is InChI=1S/C21H28N2O/c1-4-9-19(15-22-18-11-6-5-7-12-18)23-21(24)20-13-8-10-16(2)14-17(20)3/h5-7,10-14,19,22H,4,8-9,15H2,1-3H3,(H,23,24). The summed E-state index contributed by atoms with van der Waals surface area (Å²) in [4.78, 5) is 12.7. The van der Waals surface area contributed by atoms with E-state index >= 15 is 0 Å². The molecule has 2 rings (SSSR count). The fourth-order valence-electron chi connectivity index (χ4n) is 2.91. The minimum absolute atomic E-state index is 0.0279. The average Bonchev–Trinajstić information content (AvgIpc) is 2.74. The lowest BCUT2D eigenvalue weighted by atomic mass is 10.0. The van der Waals surface area contributed by atoms with Crippen LogP contribution < -0.4 is 10.6 Å². The molecule has 1 aliphatic carbocycles. The summed E-state index contributed by atoms with van der Waals surface area (Å²) < 4.78 is 0. The molecule has 1 atom stereocenters. The highest BCUT2D eigenvalue weighted by molar-refractivity contribution is 5.98. The normalized spacial score (nSPS) is 15.5. The van der Waals surface area contributed by atoms with E-state index < -0.39 is 0 Å². The number of amides is 1. The molecule has 0 radical (unpaired) electrons. The Balaban J connectivity index is 1.98. The van der Waals surface area contributed by atoms with Crippen LogP contribution in [-0.4, -0.2) is 18.5 Å². The third-order valence-corrected chi connectivity index (χ3v) is 4.17. The second kappa shape index (κ2) is 9.11. The number of hydrogen-bond acceptors (Lipinski definition) is 2. The predicted molar refractivity (Wildman–Crippen MR) is 102 cm³/mol. The van der Waals surface area contributed by atoms with Gasteiger partial charge in [0.2, 0.25) is 0 Å². The summed E-state index contributed by atoms with van der Waals surface area (Å²) in [5.74, 6) is 0.0279. The zero-order valence-corrected chi connectivity index (χ0v) is 14.9. The first-order chi connectivity index (χ1) is 11.6. The number of anilines is 1. The molecule has 1 aromatic rings. The zero-order chi connectivity index (χ0) is 17.4. The molecule has 0 bridgehead atoms. The van der Waals surface area contributed by atoms with Gasteiger partial charge in [0.1, 0.15) is 0 Å². The number of nitrogens with one attached hydrogen (secondary N) is 2. The molecule has 0 saturated carbocycles. The Labute approximate surface area is 145 Å². The Bertz CT molecular complexity index is 641. The molecule has 3 nitrogen and oxygen atoms in total. The summed E-state index contributed by atoms with van der Waals surface area (Å²) in [7, 11) is 0. The van der Waals surface area contributed by atoms with Crippen LogP contribution in [0.2, 0.25) is 0 Å². The predicted octanol–water partition coefficient (Wildman–Crippen LogP) is 4.61. The molecule has 1 amide bonds. The van der Waals surface area contributed by atoms with Crippen LogP contribution in [0.3, 0.4) is 0 Å². The minimum atomic E-state index is 0.0279. The molecule has 0 saturated heterocycles. The maximum atomic E-state index is 12.7. The van der Waals surface area contributed by atoms with Crippen molar-refractivity contribution in [3.63, 3.8) is 0 Å². The summed E-state index contributed by atoms with van der Waals surface area (Å²) in [6.07, 6.45) is 9.04. The van der Waals surface area contributed by atoms with Gasteiger partial charge in [-0.05, 0) is 44.4 Å². The molecule has 0 aromatic heterocycles. The van der Waals surface area contributed by atoms with Gasteiger partial charge >= 0.3 is 0 Å². The van der Waals surface area contributed by atoms with Crippen molar-refractivity contribution >= 4 is 11.6 Å². The number of benzene rings is 1. The Kier molecular flexibility index (Phi) is 6.86. The van der Waals surface area contributed by atoms with E-state index in [4.69, 9.17) is 0 Å². The van der Waals surface area contributed by atoms with E-state index in [-0.39, 0.29) is 11.9 Å². The van der Waals surface area contributed by atoms with Crippen molar-refractivity contribution in [2.45, 2.75) is 46.1 Å². The largest absolute Gasteiger partial charge is 0.383 e. The van der Waals surface area contributed by atoms with Crippen LogP contribution in [-0.2, 0) is 4.79 Å². The fraction of sp³-hybridized carbons (Fsp3) is 0.381. The van der Waals surface area contributed by atoms with Gasteiger partial charge in [-0.3, -0.25) is 4.79 Å². The summed E-state index contributed by atoms with van der Waals surface area (Å²) in [5.41, 5.74) is 4.12. The van der Waals surface area contributed by atoms with Crippen molar-refractivity contribution in [2.24, 2.45) is 0 Å². The molecular formula is C21H28N2O. The lowest BCUT2D eigenvalue weighted by Gasteiger charge is -2.20. The lowest BCUT2D eigenvalue weighted by molar-refractivity contribution is -0.117. The van der Waals surface area contributed by atoms with E-state index in [1.165, 1.54) is 5.57 Å². The van der Waals surface area contributed by atoms with E-state index in [1.54, 1.807) is 0 Å². The van der Waals surface area contributed by atoms with Crippen LogP contribution >= 0.6 is 0 Å². The van der Waals surface area contributed by atoms with Gasteiger partial charge in [0.25, 0.3) is 5.91 Å². The SMILES string of the molecule is CCCC(CNc1ccccc1)NC(=O)C1=CCC=C(C)C=C1C. The maximum Gasteiger partial charge on any atom is 0.251 e. The number of rotatable bonds is 7. The van der Waals surface area contributed by atoms with Gasteiger partial charge in [-0.1, -0.05) is 55.3 Å². The van der Waals surface area contributed by atoms with Crippen molar-refractivity contribution < 1.29 is 4.79 Å². The summed E-state index contributed by atoms with van der Waals surface area (Å²) in [6.45, 7) is 6.95. The average molecular weight is 324 g/mol. The summed E-state index contributed by atoms with van der Waals surface area (Å²) in [5, 5.41) is 6.61. The van der Waals surface area contributed by atoms with Gasteiger partial charge in [0.15, 0.2) is 0 Å². The second-order valence-corrected chi connectivity index (χ2v) is 6.33. The minimum Gasteiger partial charge on any atom is -0.383 e. The van der Waals surface area contributed by atoms with Gasteiger partial charge in [-0.25, -0.2) is 0 Å². The smallest absolute Gasteiger partial charge is 0.251 e. The van der Waals surface area contributed by atoms with Crippen LogP contribution in [0.15, 0.2) is 65.3 Å². The Hall–Kier alpha value is -2.29. The van der Waals surface area contributed by atoms with Crippen molar-refractivity contribution in [2.75, 3.05) is 11.9 Å². The van der Waals surface area contributed by atoms with E-state index in [2.05, 4.69) is 36.6 Å². The molecule has 0 heterocycles. The van der Waals surface area contributed by atoms with Gasteiger partial charge in [-0.2, -0.15) is 0 Å². The van der Waals surface area contributed by atoms with Gasteiger partial charge in [0.05, 0.1) is 0 Å². The third-order valence-electron chi connectivity index (χ3n) is 4.17. The van der Waals surface area contributed by atoms with Crippen molar-refractivity contribution in [3.8, 4) is 0 Å². The lowest BCUT2D eigenvalue weighted by Crippen LogP contribution is -2.40. The Morgan fingerprint density at radius 1 is 1.17 bits per heavy atom.